The number of likely N-dealkylation sites (tertiary alicyclic amines) is 1. The van der Waals surface area contributed by atoms with Crippen molar-refractivity contribution in [3.8, 4) is 0 Å². The van der Waals surface area contributed by atoms with Crippen LogP contribution in [0.15, 0.2) is 12.1 Å². The molecule has 0 radical (unpaired) electrons. The number of benzene rings is 1. The molecular formula is C14H14F3NO3. The first-order valence-electron chi connectivity index (χ1n) is 6.54. The van der Waals surface area contributed by atoms with Crippen LogP contribution >= 0.6 is 0 Å². The molecule has 1 unspecified atom stereocenters. The third-order valence-corrected chi connectivity index (χ3v) is 3.98. The Kier molecular flexibility index (Phi) is 3.93. The Morgan fingerprint density at radius 2 is 1.95 bits per heavy atom. The van der Waals surface area contributed by atoms with Crippen molar-refractivity contribution in [2.45, 2.75) is 31.7 Å². The van der Waals surface area contributed by atoms with Gasteiger partial charge in [0, 0.05) is 6.54 Å². The Labute approximate surface area is 119 Å². The molecule has 0 aliphatic carbocycles. The van der Waals surface area contributed by atoms with E-state index in [1.54, 1.807) is 6.92 Å². The van der Waals surface area contributed by atoms with Crippen molar-refractivity contribution in [1.29, 1.82) is 0 Å². The second-order valence-corrected chi connectivity index (χ2v) is 4.97. The summed E-state index contributed by atoms with van der Waals surface area (Å²) in [5, 5.41) is 9.38. The highest BCUT2D eigenvalue weighted by Crippen LogP contribution is 2.34. The van der Waals surface area contributed by atoms with E-state index < -0.39 is 40.4 Å². The summed E-state index contributed by atoms with van der Waals surface area (Å²) in [6.45, 7) is 1.75. The van der Waals surface area contributed by atoms with Crippen molar-refractivity contribution in [2.24, 2.45) is 0 Å². The molecule has 0 aromatic heterocycles. The van der Waals surface area contributed by atoms with E-state index in [2.05, 4.69) is 0 Å². The van der Waals surface area contributed by atoms with Crippen LogP contribution in [0, 0.1) is 17.5 Å². The van der Waals surface area contributed by atoms with Crippen LogP contribution in [0.1, 0.15) is 36.5 Å². The summed E-state index contributed by atoms with van der Waals surface area (Å²) in [6.07, 6.45) is 0.854. The van der Waals surface area contributed by atoms with Gasteiger partial charge in [-0.2, -0.15) is 0 Å². The van der Waals surface area contributed by atoms with Gasteiger partial charge in [0.2, 0.25) is 0 Å². The summed E-state index contributed by atoms with van der Waals surface area (Å²) in [4.78, 5) is 24.9. The molecule has 1 aromatic rings. The Balaban J connectivity index is 2.45. The number of carbonyl (C=O) groups is 2. The monoisotopic (exact) mass is 301 g/mol. The molecule has 1 aliphatic heterocycles. The number of carbonyl (C=O) groups excluding carboxylic acids is 1. The van der Waals surface area contributed by atoms with Gasteiger partial charge in [-0.05, 0) is 31.4 Å². The molecule has 4 nitrogen and oxygen atoms in total. The molecule has 1 aromatic carbocycles. The van der Waals surface area contributed by atoms with Gasteiger partial charge in [0.15, 0.2) is 17.5 Å². The fourth-order valence-electron chi connectivity index (χ4n) is 2.75. The molecule has 7 heteroatoms. The first-order valence-corrected chi connectivity index (χ1v) is 6.54. The van der Waals surface area contributed by atoms with E-state index in [-0.39, 0.29) is 19.4 Å². The minimum Gasteiger partial charge on any atom is -0.479 e. The summed E-state index contributed by atoms with van der Waals surface area (Å²) in [5.74, 6) is -6.85. The van der Waals surface area contributed by atoms with E-state index in [0.717, 1.165) is 11.0 Å². The largest absolute Gasteiger partial charge is 0.479 e. The molecule has 1 atom stereocenters. The van der Waals surface area contributed by atoms with E-state index >= 15 is 0 Å². The number of hydrogen-bond donors (Lipinski definition) is 1. The fraction of sp³-hybridized carbons (Fsp3) is 0.429. The highest BCUT2D eigenvalue weighted by Gasteiger charge is 2.49. The van der Waals surface area contributed by atoms with E-state index in [9.17, 15) is 27.9 Å². The molecule has 114 valence electrons. The molecular weight excluding hydrogens is 287 g/mol. The molecule has 1 amide bonds. The van der Waals surface area contributed by atoms with E-state index in [1.807, 2.05) is 0 Å². The Morgan fingerprint density at radius 3 is 2.52 bits per heavy atom. The maximum Gasteiger partial charge on any atom is 0.329 e. The minimum absolute atomic E-state index is 0.136. The summed E-state index contributed by atoms with van der Waals surface area (Å²) < 4.78 is 39.9. The van der Waals surface area contributed by atoms with Gasteiger partial charge in [-0.25, -0.2) is 18.0 Å². The lowest BCUT2D eigenvalue weighted by molar-refractivity contribution is -0.148. The number of carboxylic acids is 1. The summed E-state index contributed by atoms with van der Waals surface area (Å²) >= 11 is 0. The Morgan fingerprint density at radius 1 is 1.29 bits per heavy atom. The van der Waals surface area contributed by atoms with Crippen LogP contribution in [0.4, 0.5) is 13.2 Å². The maximum absolute atomic E-state index is 13.7. The highest BCUT2D eigenvalue weighted by molar-refractivity contribution is 5.98. The van der Waals surface area contributed by atoms with Gasteiger partial charge < -0.3 is 10.0 Å². The second kappa shape index (κ2) is 5.38. The highest BCUT2D eigenvalue weighted by atomic mass is 19.2. The van der Waals surface area contributed by atoms with Crippen LogP contribution in [0.5, 0.6) is 0 Å². The number of aliphatic carboxylic acids is 1. The first kappa shape index (κ1) is 15.3. The standard InChI is InChI=1S/C14H14F3NO3/c1-2-14(13(20)21)6-3-7-18(14)12(19)8-4-5-9(15)11(17)10(8)16/h4-5H,2-3,6-7H2,1H3,(H,20,21). The van der Waals surface area contributed by atoms with Gasteiger partial charge in [-0.1, -0.05) is 6.92 Å². The van der Waals surface area contributed by atoms with E-state index in [4.69, 9.17) is 0 Å². The number of halogens is 3. The van der Waals surface area contributed by atoms with Crippen LogP contribution in [0.25, 0.3) is 0 Å². The fourth-order valence-corrected chi connectivity index (χ4v) is 2.75. The zero-order valence-electron chi connectivity index (χ0n) is 11.3. The molecule has 1 saturated heterocycles. The van der Waals surface area contributed by atoms with Crippen LogP contribution in [-0.2, 0) is 4.79 Å². The van der Waals surface area contributed by atoms with Crippen molar-refractivity contribution in [2.75, 3.05) is 6.54 Å². The quantitative estimate of drug-likeness (QED) is 0.873. The molecule has 0 spiro atoms. The average Bonchev–Trinajstić information content (AvgIpc) is 2.89. The Bertz CT molecular complexity index is 605. The summed E-state index contributed by atoms with van der Waals surface area (Å²) in [6, 6.07) is 1.48. The maximum atomic E-state index is 13.7. The third-order valence-electron chi connectivity index (χ3n) is 3.98. The molecule has 0 bridgehead atoms. The van der Waals surface area contributed by atoms with Crippen LogP contribution in [0.3, 0.4) is 0 Å². The van der Waals surface area contributed by atoms with Crippen molar-refractivity contribution < 1.29 is 27.9 Å². The summed E-state index contributed by atoms with van der Waals surface area (Å²) in [7, 11) is 0. The first-order chi connectivity index (χ1) is 9.85. The smallest absolute Gasteiger partial charge is 0.329 e. The lowest BCUT2D eigenvalue weighted by Gasteiger charge is -2.34. The number of hydrogen-bond acceptors (Lipinski definition) is 2. The van der Waals surface area contributed by atoms with Gasteiger partial charge >= 0.3 is 5.97 Å². The summed E-state index contributed by atoms with van der Waals surface area (Å²) in [5.41, 5.74) is -2.08. The van der Waals surface area contributed by atoms with Crippen molar-refractivity contribution in [3.63, 3.8) is 0 Å². The number of nitrogens with zero attached hydrogens (tertiary/aromatic N) is 1. The topological polar surface area (TPSA) is 57.6 Å². The van der Waals surface area contributed by atoms with Crippen LogP contribution < -0.4 is 0 Å². The third kappa shape index (κ3) is 2.26. The van der Waals surface area contributed by atoms with Gasteiger partial charge in [-0.3, -0.25) is 4.79 Å². The lowest BCUT2D eigenvalue weighted by atomic mass is 9.92. The zero-order chi connectivity index (χ0) is 15.8. The van der Waals surface area contributed by atoms with Gasteiger partial charge in [-0.15, -0.1) is 0 Å². The molecule has 1 heterocycles. The van der Waals surface area contributed by atoms with Gasteiger partial charge in [0.1, 0.15) is 5.54 Å². The SMILES string of the molecule is CCC1(C(=O)O)CCCN1C(=O)c1ccc(F)c(F)c1F. The molecule has 1 fully saturated rings. The average molecular weight is 301 g/mol. The predicted octanol–water partition coefficient (Wildman–Crippen LogP) is 2.57. The number of amides is 1. The van der Waals surface area contributed by atoms with Gasteiger partial charge in [0.05, 0.1) is 5.56 Å². The predicted molar refractivity (Wildman–Crippen MR) is 67.2 cm³/mol. The minimum atomic E-state index is -1.74. The van der Waals surface area contributed by atoms with E-state index in [1.165, 1.54) is 0 Å². The molecule has 1 N–H and O–H groups in total. The lowest BCUT2D eigenvalue weighted by Crippen LogP contribution is -2.52. The second-order valence-electron chi connectivity index (χ2n) is 4.97. The Hall–Kier alpha value is -2.05. The van der Waals surface area contributed by atoms with Crippen molar-refractivity contribution >= 4 is 11.9 Å². The molecule has 21 heavy (non-hydrogen) atoms. The van der Waals surface area contributed by atoms with E-state index in [0.29, 0.717) is 12.5 Å². The van der Waals surface area contributed by atoms with Crippen molar-refractivity contribution in [1.82, 2.24) is 4.90 Å². The van der Waals surface area contributed by atoms with Crippen LogP contribution in [-0.4, -0.2) is 34.0 Å². The molecule has 1 aliphatic rings. The van der Waals surface area contributed by atoms with Crippen molar-refractivity contribution in [3.05, 3.63) is 35.1 Å². The molecule has 2 rings (SSSR count). The number of rotatable bonds is 3. The zero-order valence-corrected chi connectivity index (χ0v) is 11.3. The normalized spacial score (nSPS) is 21.6. The van der Waals surface area contributed by atoms with Gasteiger partial charge in [0.25, 0.3) is 5.91 Å². The molecule has 0 saturated carbocycles. The van der Waals surface area contributed by atoms with Crippen LogP contribution in [0.2, 0.25) is 0 Å². The number of carboxylic acid groups (broad SMARTS) is 1.